The molecule has 37 heavy (non-hydrogen) atoms. The summed E-state index contributed by atoms with van der Waals surface area (Å²) in [5.41, 5.74) is 15.2. The predicted molar refractivity (Wildman–Crippen MR) is 149 cm³/mol. The summed E-state index contributed by atoms with van der Waals surface area (Å²) in [4.78, 5) is 20.8. The molecular weight excluding hydrogens is 476 g/mol. The fraction of sp³-hybridized carbons (Fsp3) is 0.258. The summed E-state index contributed by atoms with van der Waals surface area (Å²) in [6.45, 7) is 6.27. The Morgan fingerprint density at radius 2 is 1.89 bits per heavy atom. The van der Waals surface area contributed by atoms with E-state index in [0.29, 0.717) is 23.4 Å². The first-order valence-electron chi connectivity index (χ1n) is 12.5. The summed E-state index contributed by atoms with van der Waals surface area (Å²) in [6, 6.07) is 19.0. The number of hydrogen-bond acceptors (Lipinski definition) is 6. The van der Waals surface area contributed by atoms with Crippen molar-refractivity contribution >= 4 is 23.2 Å². The number of thioether (sulfide) groups is 1. The van der Waals surface area contributed by atoms with Crippen molar-refractivity contribution in [2.75, 3.05) is 4.90 Å². The van der Waals surface area contributed by atoms with Gasteiger partial charge in [-0.1, -0.05) is 35.4 Å². The van der Waals surface area contributed by atoms with E-state index in [0.717, 1.165) is 46.7 Å². The van der Waals surface area contributed by atoms with Gasteiger partial charge in [-0.15, -0.1) is 11.8 Å². The molecule has 5 nitrogen and oxygen atoms in total. The molecule has 0 radical (unpaired) electrons. The highest BCUT2D eigenvalue weighted by Crippen LogP contribution is 2.47. The highest BCUT2D eigenvalue weighted by Gasteiger charge is 2.41. The number of aromatic nitrogens is 1. The molecule has 0 spiro atoms. The Hall–Kier alpha value is -3.82. The van der Waals surface area contributed by atoms with Crippen LogP contribution in [0.15, 0.2) is 88.5 Å². The first-order chi connectivity index (χ1) is 17.9. The van der Waals surface area contributed by atoms with E-state index in [9.17, 15) is 10.1 Å². The van der Waals surface area contributed by atoms with Crippen LogP contribution in [0, 0.1) is 32.1 Å². The van der Waals surface area contributed by atoms with Crippen LogP contribution < -0.4 is 10.6 Å². The van der Waals surface area contributed by atoms with E-state index in [4.69, 9.17) is 5.73 Å². The summed E-state index contributed by atoms with van der Waals surface area (Å²) >= 11 is 1.79. The Labute approximate surface area is 222 Å². The first kappa shape index (κ1) is 24.9. The van der Waals surface area contributed by atoms with E-state index < -0.39 is 5.92 Å². The van der Waals surface area contributed by atoms with Gasteiger partial charge in [0.2, 0.25) is 0 Å². The van der Waals surface area contributed by atoms with Gasteiger partial charge in [-0.05, 0) is 74.6 Å². The largest absolute Gasteiger partial charge is 0.384 e. The smallest absolute Gasteiger partial charge is 0.161 e. The average Bonchev–Trinajstić information content (AvgIpc) is 2.90. The Balaban J connectivity index is 1.62. The predicted octanol–water partition coefficient (Wildman–Crippen LogP) is 6.60. The molecule has 6 heteroatoms. The molecule has 0 bridgehead atoms. The second kappa shape index (κ2) is 10.3. The van der Waals surface area contributed by atoms with Crippen molar-refractivity contribution < 1.29 is 4.79 Å². The van der Waals surface area contributed by atoms with E-state index in [1.807, 2.05) is 17.0 Å². The second-order valence-corrected chi connectivity index (χ2v) is 10.8. The quantitative estimate of drug-likeness (QED) is 0.392. The van der Waals surface area contributed by atoms with Crippen molar-refractivity contribution in [3.8, 4) is 6.07 Å². The SMILES string of the molecule is Cc1ccc(SCc2cc(C)cc(C3C(C#N)=C(N)N(c4cccnc4)C4=C3C(=O)CCC4)c2C)cc1. The van der Waals surface area contributed by atoms with Crippen LogP contribution in [0.3, 0.4) is 0 Å². The Kier molecular flexibility index (Phi) is 6.90. The lowest BCUT2D eigenvalue weighted by Crippen LogP contribution is -2.39. The lowest BCUT2D eigenvalue weighted by atomic mass is 9.74. The summed E-state index contributed by atoms with van der Waals surface area (Å²) in [5, 5.41) is 10.4. The molecular formula is C31H30N4OS. The van der Waals surface area contributed by atoms with Crippen LogP contribution in [0.1, 0.15) is 53.0 Å². The molecule has 0 saturated carbocycles. The molecule has 1 aliphatic carbocycles. The number of anilines is 1. The third kappa shape index (κ3) is 4.68. The zero-order valence-electron chi connectivity index (χ0n) is 21.4. The van der Waals surface area contributed by atoms with Crippen molar-refractivity contribution in [1.82, 2.24) is 4.98 Å². The molecule has 2 heterocycles. The molecule has 0 amide bonds. The van der Waals surface area contributed by atoms with Crippen LogP contribution in [-0.4, -0.2) is 10.8 Å². The molecule has 1 aromatic heterocycles. The van der Waals surface area contributed by atoms with Crippen molar-refractivity contribution in [2.45, 2.75) is 56.6 Å². The van der Waals surface area contributed by atoms with Gasteiger partial charge in [0.15, 0.2) is 5.78 Å². The molecule has 2 aliphatic rings. The molecule has 0 saturated heterocycles. The van der Waals surface area contributed by atoms with Gasteiger partial charge in [0.1, 0.15) is 5.82 Å². The molecule has 1 aliphatic heterocycles. The third-order valence-corrected chi connectivity index (χ3v) is 8.30. The number of rotatable bonds is 5. The van der Waals surface area contributed by atoms with Gasteiger partial charge in [-0.2, -0.15) is 5.26 Å². The van der Waals surface area contributed by atoms with E-state index in [-0.39, 0.29) is 5.78 Å². The highest BCUT2D eigenvalue weighted by molar-refractivity contribution is 7.98. The number of pyridine rings is 1. The zero-order chi connectivity index (χ0) is 26.1. The minimum absolute atomic E-state index is 0.0943. The van der Waals surface area contributed by atoms with Gasteiger partial charge in [0.05, 0.1) is 29.4 Å². The normalized spacial score (nSPS) is 17.6. The van der Waals surface area contributed by atoms with Crippen LogP contribution in [0.2, 0.25) is 0 Å². The summed E-state index contributed by atoms with van der Waals surface area (Å²) in [6.07, 6.45) is 5.41. The topological polar surface area (TPSA) is 83.0 Å². The monoisotopic (exact) mass is 506 g/mol. The minimum Gasteiger partial charge on any atom is -0.384 e. The number of carbonyl (C=O) groups is 1. The van der Waals surface area contributed by atoms with E-state index >= 15 is 0 Å². The minimum atomic E-state index is -0.469. The summed E-state index contributed by atoms with van der Waals surface area (Å²) in [7, 11) is 0. The highest BCUT2D eigenvalue weighted by atomic mass is 32.2. The molecule has 1 atom stereocenters. The van der Waals surface area contributed by atoms with Gasteiger partial charge in [0, 0.05) is 34.5 Å². The number of nitrogens with zero attached hydrogens (tertiary/aromatic N) is 3. The fourth-order valence-electron chi connectivity index (χ4n) is 5.39. The number of nitriles is 1. The molecule has 5 rings (SSSR count). The fourth-order valence-corrected chi connectivity index (χ4v) is 6.34. The van der Waals surface area contributed by atoms with Crippen molar-refractivity contribution in [3.05, 3.63) is 111 Å². The van der Waals surface area contributed by atoms with Crippen LogP contribution >= 0.6 is 11.8 Å². The van der Waals surface area contributed by atoms with Crippen LogP contribution in [0.25, 0.3) is 0 Å². The standard InChI is InChI=1S/C31H30N4OS/c1-19-9-11-24(12-10-19)37-18-22-14-20(2)15-25(21(22)3)29-26(16-32)31(33)35(23-6-5-13-34-17-23)27-7-4-8-28(36)30(27)29/h5-6,9-15,17,29H,4,7-8,18,33H2,1-3H3. The van der Waals surface area contributed by atoms with E-state index in [1.54, 1.807) is 24.2 Å². The summed E-state index contributed by atoms with van der Waals surface area (Å²) < 4.78 is 0. The van der Waals surface area contributed by atoms with Crippen molar-refractivity contribution in [3.63, 3.8) is 0 Å². The van der Waals surface area contributed by atoms with E-state index in [1.165, 1.54) is 16.0 Å². The maximum Gasteiger partial charge on any atom is 0.161 e. The number of allylic oxidation sites excluding steroid dienone is 3. The lowest BCUT2D eigenvalue weighted by Gasteiger charge is -2.40. The number of ketones is 1. The maximum absolute atomic E-state index is 13.5. The number of Topliss-reactive ketones (excluding diaryl/α,β-unsaturated/α-hetero) is 1. The third-order valence-electron chi connectivity index (χ3n) is 7.24. The van der Waals surface area contributed by atoms with Crippen molar-refractivity contribution in [1.29, 1.82) is 5.26 Å². The molecule has 2 aromatic carbocycles. The maximum atomic E-state index is 13.5. The zero-order valence-corrected chi connectivity index (χ0v) is 22.2. The van der Waals surface area contributed by atoms with Crippen LogP contribution in [0.4, 0.5) is 5.69 Å². The van der Waals surface area contributed by atoms with Crippen LogP contribution in [0.5, 0.6) is 0 Å². The van der Waals surface area contributed by atoms with Gasteiger partial charge >= 0.3 is 0 Å². The number of benzene rings is 2. The number of hydrogen-bond donors (Lipinski definition) is 1. The number of carbonyl (C=O) groups excluding carboxylic acids is 1. The van der Waals surface area contributed by atoms with Gasteiger partial charge in [0.25, 0.3) is 0 Å². The molecule has 1 unspecified atom stereocenters. The molecule has 0 fully saturated rings. The van der Waals surface area contributed by atoms with E-state index in [2.05, 4.69) is 68.2 Å². The molecule has 3 aromatic rings. The number of aryl methyl sites for hydroxylation is 2. The Morgan fingerprint density at radius 1 is 1.11 bits per heavy atom. The molecule has 2 N–H and O–H groups in total. The summed E-state index contributed by atoms with van der Waals surface area (Å²) in [5.74, 6) is 0.810. The van der Waals surface area contributed by atoms with Crippen molar-refractivity contribution in [2.24, 2.45) is 5.73 Å². The van der Waals surface area contributed by atoms with Gasteiger partial charge < -0.3 is 5.73 Å². The number of nitrogens with two attached hydrogens (primary N) is 1. The Bertz CT molecular complexity index is 1470. The average molecular weight is 507 g/mol. The first-order valence-corrected chi connectivity index (χ1v) is 13.5. The Morgan fingerprint density at radius 3 is 2.59 bits per heavy atom. The van der Waals surface area contributed by atoms with Crippen LogP contribution in [-0.2, 0) is 10.5 Å². The van der Waals surface area contributed by atoms with Gasteiger partial charge in [-0.25, -0.2) is 0 Å². The van der Waals surface area contributed by atoms with Gasteiger partial charge in [-0.3, -0.25) is 14.7 Å². The second-order valence-electron chi connectivity index (χ2n) is 9.77. The lowest BCUT2D eigenvalue weighted by molar-refractivity contribution is -0.116. The molecule has 186 valence electrons.